The van der Waals surface area contributed by atoms with Crippen LogP contribution in [0.25, 0.3) is 10.2 Å². The molecule has 0 spiro atoms. The van der Waals surface area contributed by atoms with Crippen LogP contribution in [0.1, 0.15) is 123 Å². The summed E-state index contributed by atoms with van der Waals surface area (Å²) >= 11 is 1.53. The van der Waals surface area contributed by atoms with Crippen molar-refractivity contribution in [1.29, 1.82) is 0 Å². The molecule has 2 aromatic rings. The smallest absolute Gasteiger partial charge is 0.240 e. The molecule has 2 rings (SSSR count). The van der Waals surface area contributed by atoms with Crippen LogP contribution in [0.5, 0.6) is 0 Å². The number of nitrogens with two attached hydrogens (primary N) is 2. The number of nitrogens with one attached hydrogen (secondary N) is 2. The first-order chi connectivity index (χ1) is 23.1. The van der Waals surface area contributed by atoms with Gasteiger partial charge in [-0.25, -0.2) is 4.98 Å². The van der Waals surface area contributed by atoms with E-state index in [1.54, 1.807) is 0 Å². The van der Waals surface area contributed by atoms with E-state index in [4.69, 9.17) is 16.5 Å². The molecule has 6 N–H and O–H groups in total. The van der Waals surface area contributed by atoms with Gasteiger partial charge in [-0.2, -0.15) is 0 Å². The molecule has 0 fully saturated rings. The SMILES string of the molecule is CC[C@H](C)[C@H](NC(=O)[C@@H](CC(=O)CC(C)C)Cc1nc2ccc(C(C)C)cc2s1)C(=O)C[C@@H](CCCCN)C(=O)N[C@@H](CC(C)C)C(N)=O. The number of carbonyl (C=O) groups excluding carboxylic acids is 5. The van der Waals surface area contributed by atoms with Crippen LogP contribution in [0.2, 0.25) is 0 Å². The number of fused-ring (bicyclic) bond motifs is 1. The number of carbonyl (C=O) groups is 5. The molecular weight excluding hydrogens is 639 g/mol. The Hall–Kier alpha value is -3.18. The molecule has 274 valence electrons. The highest BCUT2D eigenvalue weighted by atomic mass is 32.1. The number of benzene rings is 1. The highest BCUT2D eigenvalue weighted by Crippen LogP contribution is 2.29. The van der Waals surface area contributed by atoms with Crippen LogP contribution in [-0.2, 0) is 30.4 Å². The third-order valence-electron chi connectivity index (χ3n) is 9.08. The molecule has 3 amide bonds. The number of thiazole rings is 1. The van der Waals surface area contributed by atoms with Crippen molar-refractivity contribution >= 4 is 50.8 Å². The third kappa shape index (κ3) is 13.9. The maximum absolute atomic E-state index is 14.0. The number of ketones is 2. The molecule has 1 aromatic heterocycles. The standard InChI is InChI=1S/C38H61N5O5S/c1-9-25(8)35(32(45)19-27(12-10-11-15-39)37(47)42-31(36(40)46)17-23(4)5)43-38(48)28(18-29(44)16-22(2)3)21-34-41-30-14-13-26(24(6)7)20-33(30)49-34/h13-14,20,22-25,27-28,31,35H,9-12,15-19,21,39H2,1-8H3,(H2,40,46)(H,42,47)(H,43,48)/t25-,27+,28-,31-,35-/m0/s1. The predicted octanol–water partition coefficient (Wildman–Crippen LogP) is 5.84. The molecule has 0 bridgehead atoms. The van der Waals surface area contributed by atoms with E-state index in [1.807, 2.05) is 47.6 Å². The fourth-order valence-electron chi connectivity index (χ4n) is 6.00. The van der Waals surface area contributed by atoms with Gasteiger partial charge in [0.2, 0.25) is 17.7 Å². The van der Waals surface area contributed by atoms with Crippen LogP contribution in [-0.4, -0.2) is 52.9 Å². The highest BCUT2D eigenvalue weighted by Gasteiger charge is 2.34. The highest BCUT2D eigenvalue weighted by molar-refractivity contribution is 7.18. The molecule has 0 radical (unpaired) electrons. The van der Waals surface area contributed by atoms with E-state index in [-0.39, 0.29) is 54.5 Å². The summed E-state index contributed by atoms with van der Waals surface area (Å²) in [6.07, 6.45) is 3.32. The fraction of sp³-hybridized carbons (Fsp3) is 0.684. The summed E-state index contributed by atoms with van der Waals surface area (Å²) < 4.78 is 1.03. The van der Waals surface area contributed by atoms with Gasteiger partial charge in [0.05, 0.1) is 27.2 Å². The lowest BCUT2D eigenvalue weighted by atomic mass is 9.86. The van der Waals surface area contributed by atoms with Gasteiger partial charge in [0.15, 0.2) is 5.78 Å². The minimum Gasteiger partial charge on any atom is -0.368 e. The normalized spacial score (nSPS) is 14.9. The largest absolute Gasteiger partial charge is 0.368 e. The first-order valence-electron chi connectivity index (χ1n) is 18.1. The number of rotatable bonds is 23. The van der Waals surface area contributed by atoms with Gasteiger partial charge in [0, 0.05) is 31.6 Å². The third-order valence-corrected chi connectivity index (χ3v) is 10.1. The molecule has 11 heteroatoms. The molecular formula is C38H61N5O5S. The van der Waals surface area contributed by atoms with Gasteiger partial charge in [-0.1, -0.05) is 74.3 Å². The molecule has 0 saturated heterocycles. The van der Waals surface area contributed by atoms with Crippen molar-refractivity contribution in [3.8, 4) is 0 Å². The van der Waals surface area contributed by atoms with Crippen LogP contribution < -0.4 is 22.1 Å². The Labute approximate surface area is 297 Å². The van der Waals surface area contributed by atoms with Gasteiger partial charge in [0.1, 0.15) is 11.8 Å². The minimum atomic E-state index is -0.850. The number of unbranched alkanes of at least 4 members (excludes halogenated alkanes) is 1. The summed E-state index contributed by atoms with van der Waals surface area (Å²) in [7, 11) is 0. The lowest BCUT2D eigenvalue weighted by molar-refractivity contribution is -0.135. The summed E-state index contributed by atoms with van der Waals surface area (Å²) in [5.41, 5.74) is 13.4. The van der Waals surface area contributed by atoms with E-state index in [0.717, 1.165) is 15.2 Å². The van der Waals surface area contributed by atoms with E-state index >= 15 is 0 Å². The lowest BCUT2D eigenvalue weighted by Gasteiger charge is -2.28. The van der Waals surface area contributed by atoms with Crippen molar-refractivity contribution in [3.05, 3.63) is 28.8 Å². The zero-order chi connectivity index (χ0) is 36.8. The molecule has 0 aliphatic carbocycles. The summed E-state index contributed by atoms with van der Waals surface area (Å²) in [6, 6.07) is 4.50. The Morgan fingerprint density at radius 2 is 1.53 bits per heavy atom. The molecule has 10 nitrogen and oxygen atoms in total. The van der Waals surface area contributed by atoms with E-state index in [9.17, 15) is 24.0 Å². The maximum atomic E-state index is 14.0. The van der Waals surface area contributed by atoms with Crippen molar-refractivity contribution in [1.82, 2.24) is 15.6 Å². The average molecular weight is 700 g/mol. The number of primary amides is 1. The molecule has 1 heterocycles. The zero-order valence-corrected chi connectivity index (χ0v) is 31.8. The second-order valence-electron chi connectivity index (χ2n) is 14.8. The van der Waals surface area contributed by atoms with E-state index in [0.29, 0.717) is 51.0 Å². The summed E-state index contributed by atoms with van der Waals surface area (Å²) in [5.74, 6) is -2.64. The minimum absolute atomic E-state index is 0.00758. The Bertz CT molecular complexity index is 1400. The lowest BCUT2D eigenvalue weighted by Crippen LogP contribution is -2.50. The Morgan fingerprint density at radius 1 is 0.857 bits per heavy atom. The molecule has 0 saturated carbocycles. The van der Waals surface area contributed by atoms with Crippen LogP contribution in [0.15, 0.2) is 18.2 Å². The van der Waals surface area contributed by atoms with Gasteiger partial charge >= 0.3 is 0 Å². The van der Waals surface area contributed by atoms with Gasteiger partial charge < -0.3 is 22.1 Å². The number of hydrogen-bond acceptors (Lipinski definition) is 8. The van der Waals surface area contributed by atoms with Crippen molar-refractivity contribution in [3.63, 3.8) is 0 Å². The number of hydrogen-bond donors (Lipinski definition) is 4. The number of amides is 3. The maximum Gasteiger partial charge on any atom is 0.240 e. The van der Waals surface area contributed by atoms with Crippen molar-refractivity contribution in [2.45, 2.75) is 131 Å². The molecule has 0 aliphatic heterocycles. The van der Waals surface area contributed by atoms with Crippen LogP contribution in [0.4, 0.5) is 0 Å². The topological polar surface area (TPSA) is 174 Å². The Kier molecular flexibility index (Phi) is 17.6. The summed E-state index contributed by atoms with van der Waals surface area (Å²) in [6.45, 7) is 16.4. The monoisotopic (exact) mass is 699 g/mol. The molecule has 1 aromatic carbocycles. The fourth-order valence-corrected chi connectivity index (χ4v) is 7.10. The van der Waals surface area contributed by atoms with Gasteiger partial charge in [0.25, 0.3) is 0 Å². The quantitative estimate of drug-likeness (QED) is 0.106. The summed E-state index contributed by atoms with van der Waals surface area (Å²) in [5, 5.41) is 6.56. The van der Waals surface area contributed by atoms with Crippen molar-refractivity contribution in [2.75, 3.05) is 6.54 Å². The van der Waals surface area contributed by atoms with Crippen molar-refractivity contribution < 1.29 is 24.0 Å². The Balaban J connectivity index is 2.35. The second-order valence-corrected chi connectivity index (χ2v) is 16.0. The van der Waals surface area contributed by atoms with Crippen LogP contribution in [0.3, 0.4) is 0 Å². The molecule has 0 unspecified atom stereocenters. The van der Waals surface area contributed by atoms with E-state index in [1.165, 1.54) is 16.9 Å². The number of nitrogens with zero attached hydrogens (tertiary/aromatic N) is 1. The summed E-state index contributed by atoms with van der Waals surface area (Å²) in [4.78, 5) is 71.4. The van der Waals surface area contributed by atoms with Gasteiger partial charge in [-0.05, 0) is 67.2 Å². The van der Waals surface area contributed by atoms with Crippen molar-refractivity contribution in [2.24, 2.45) is 41.1 Å². The van der Waals surface area contributed by atoms with Crippen LogP contribution >= 0.6 is 11.3 Å². The molecule has 5 atom stereocenters. The average Bonchev–Trinajstić information content (AvgIpc) is 3.42. The first-order valence-corrected chi connectivity index (χ1v) is 18.9. The number of Topliss-reactive ketones (excluding diaryl/α,β-unsaturated/α-hetero) is 2. The predicted molar refractivity (Wildman–Crippen MR) is 198 cm³/mol. The Morgan fingerprint density at radius 3 is 2.10 bits per heavy atom. The van der Waals surface area contributed by atoms with E-state index in [2.05, 4.69) is 36.6 Å². The molecule has 49 heavy (non-hydrogen) atoms. The molecule has 0 aliphatic rings. The zero-order valence-electron chi connectivity index (χ0n) is 31.0. The first kappa shape index (κ1) is 42.0. The van der Waals surface area contributed by atoms with Crippen LogP contribution in [0, 0.1) is 29.6 Å². The number of aromatic nitrogens is 1. The van der Waals surface area contributed by atoms with Gasteiger partial charge in [-0.3, -0.25) is 24.0 Å². The van der Waals surface area contributed by atoms with Gasteiger partial charge in [-0.15, -0.1) is 11.3 Å². The van der Waals surface area contributed by atoms with E-state index < -0.39 is 35.7 Å². The second kappa shape index (κ2) is 20.5.